The quantitative estimate of drug-likeness (QED) is 0.675. The summed E-state index contributed by atoms with van der Waals surface area (Å²) in [6.07, 6.45) is 6.61. The molecule has 2 aromatic carbocycles. The van der Waals surface area contributed by atoms with Gasteiger partial charge in [0.1, 0.15) is 11.9 Å². The van der Waals surface area contributed by atoms with E-state index in [9.17, 15) is 4.79 Å². The van der Waals surface area contributed by atoms with Gasteiger partial charge >= 0.3 is 0 Å². The van der Waals surface area contributed by atoms with Crippen LogP contribution < -0.4 is 0 Å². The molecule has 0 amide bonds. The SMILES string of the molecule is N#Cc1nccc(C2(CC(=O)Cc3ccc4ccccc4c3)CCCC2)n1. The van der Waals surface area contributed by atoms with Gasteiger partial charge in [-0.1, -0.05) is 55.3 Å². The van der Waals surface area contributed by atoms with Crippen molar-refractivity contribution >= 4 is 16.6 Å². The van der Waals surface area contributed by atoms with Crippen molar-refractivity contribution in [2.75, 3.05) is 0 Å². The molecule has 4 nitrogen and oxygen atoms in total. The Morgan fingerprint density at radius 2 is 1.85 bits per heavy atom. The Hall–Kier alpha value is -3.06. The summed E-state index contributed by atoms with van der Waals surface area (Å²) in [6.45, 7) is 0. The second-order valence-electron chi connectivity index (χ2n) is 7.44. The number of rotatable bonds is 5. The Morgan fingerprint density at radius 3 is 2.63 bits per heavy atom. The molecule has 0 bridgehead atoms. The Bertz CT molecular complexity index is 1030. The molecular formula is C23H21N3O. The molecule has 4 rings (SSSR count). The number of Topliss-reactive ketones (excluding diaryl/α,β-unsaturated/α-hetero) is 1. The van der Waals surface area contributed by atoms with Gasteiger partial charge in [0, 0.05) is 24.5 Å². The van der Waals surface area contributed by atoms with Gasteiger partial charge in [-0.25, -0.2) is 9.97 Å². The van der Waals surface area contributed by atoms with E-state index in [2.05, 4.69) is 34.2 Å². The second-order valence-corrected chi connectivity index (χ2v) is 7.44. The van der Waals surface area contributed by atoms with Crippen molar-refractivity contribution < 1.29 is 4.79 Å². The zero-order chi connectivity index (χ0) is 18.7. The number of hydrogen-bond acceptors (Lipinski definition) is 4. The van der Waals surface area contributed by atoms with Gasteiger partial charge in [-0.2, -0.15) is 5.26 Å². The van der Waals surface area contributed by atoms with Gasteiger partial charge in [0.2, 0.25) is 5.82 Å². The number of aromatic nitrogens is 2. The third-order valence-electron chi connectivity index (χ3n) is 5.61. The molecule has 134 valence electrons. The summed E-state index contributed by atoms with van der Waals surface area (Å²) in [6, 6.07) is 18.3. The van der Waals surface area contributed by atoms with Crippen LogP contribution in [0.2, 0.25) is 0 Å². The normalized spacial score (nSPS) is 15.5. The highest BCUT2D eigenvalue weighted by atomic mass is 16.1. The fourth-order valence-electron chi connectivity index (χ4n) is 4.30. The number of nitrogens with zero attached hydrogens (tertiary/aromatic N) is 3. The average molecular weight is 355 g/mol. The number of nitriles is 1. The lowest BCUT2D eigenvalue weighted by molar-refractivity contribution is -0.119. The maximum Gasteiger partial charge on any atom is 0.232 e. The third-order valence-corrected chi connectivity index (χ3v) is 5.61. The summed E-state index contributed by atoms with van der Waals surface area (Å²) in [5, 5.41) is 11.5. The van der Waals surface area contributed by atoms with Crippen molar-refractivity contribution in [2.45, 2.75) is 43.9 Å². The number of carbonyl (C=O) groups excluding carboxylic acids is 1. The summed E-state index contributed by atoms with van der Waals surface area (Å²) in [5.74, 6) is 0.407. The second kappa shape index (κ2) is 7.28. The molecular weight excluding hydrogens is 334 g/mol. The molecule has 1 saturated carbocycles. The molecule has 0 spiro atoms. The molecule has 1 heterocycles. The molecule has 0 unspecified atom stereocenters. The van der Waals surface area contributed by atoms with E-state index in [4.69, 9.17) is 5.26 Å². The summed E-state index contributed by atoms with van der Waals surface area (Å²) < 4.78 is 0. The van der Waals surface area contributed by atoms with E-state index in [1.807, 2.05) is 30.3 Å². The van der Waals surface area contributed by atoms with E-state index in [0.29, 0.717) is 12.8 Å². The van der Waals surface area contributed by atoms with E-state index >= 15 is 0 Å². The maximum absolute atomic E-state index is 12.9. The smallest absolute Gasteiger partial charge is 0.232 e. The van der Waals surface area contributed by atoms with Crippen LogP contribution in [0.4, 0.5) is 0 Å². The van der Waals surface area contributed by atoms with Gasteiger partial charge in [-0.3, -0.25) is 4.79 Å². The molecule has 1 aromatic heterocycles. The minimum Gasteiger partial charge on any atom is -0.299 e. The van der Waals surface area contributed by atoms with Gasteiger partial charge in [0.15, 0.2) is 0 Å². The van der Waals surface area contributed by atoms with Gasteiger partial charge in [0.25, 0.3) is 0 Å². The van der Waals surface area contributed by atoms with E-state index < -0.39 is 0 Å². The van der Waals surface area contributed by atoms with E-state index in [1.165, 1.54) is 5.39 Å². The Morgan fingerprint density at radius 1 is 1.07 bits per heavy atom. The molecule has 0 aliphatic heterocycles. The number of ketones is 1. The minimum absolute atomic E-state index is 0.181. The Labute approximate surface area is 158 Å². The predicted molar refractivity (Wildman–Crippen MR) is 104 cm³/mol. The van der Waals surface area contributed by atoms with Gasteiger partial charge in [-0.15, -0.1) is 0 Å². The van der Waals surface area contributed by atoms with E-state index in [-0.39, 0.29) is 17.0 Å². The van der Waals surface area contributed by atoms with Gasteiger partial charge < -0.3 is 0 Å². The van der Waals surface area contributed by atoms with Crippen LogP contribution in [0.3, 0.4) is 0 Å². The molecule has 4 heteroatoms. The van der Waals surface area contributed by atoms with E-state index in [0.717, 1.165) is 42.3 Å². The summed E-state index contributed by atoms with van der Waals surface area (Å²) in [4.78, 5) is 21.3. The Kier molecular flexibility index (Phi) is 4.68. The predicted octanol–water partition coefficient (Wildman–Crippen LogP) is 4.52. The highest BCUT2D eigenvalue weighted by Gasteiger charge is 2.39. The van der Waals surface area contributed by atoms with Crippen LogP contribution in [-0.2, 0) is 16.6 Å². The van der Waals surface area contributed by atoms with Crippen LogP contribution in [0.15, 0.2) is 54.7 Å². The molecule has 1 fully saturated rings. The molecule has 27 heavy (non-hydrogen) atoms. The number of benzene rings is 2. The monoisotopic (exact) mass is 355 g/mol. The molecule has 1 aliphatic carbocycles. The fourth-order valence-corrected chi connectivity index (χ4v) is 4.30. The highest BCUT2D eigenvalue weighted by molar-refractivity contribution is 5.86. The largest absolute Gasteiger partial charge is 0.299 e. The lowest BCUT2D eigenvalue weighted by Gasteiger charge is -2.27. The highest BCUT2D eigenvalue weighted by Crippen LogP contribution is 2.43. The third kappa shape index (κ3) is 3.59. The topological polar surface area (TPSA) is 66.6 Å². The van der Waals surface area contributed by atoms with Gasteiger partial charge in [0.05, 0.1) is 5.69 Å². The van der Waals surface area contributed by atoms with E-state index in [1.54, 1.807) is 6.20 Å². The van der Waals surface area contributed by atoms with Crippen molar-refractivity contribution in [3.63, 3.8) is 0 Å². The van der Waals surface area contributed by atoms with Crippen LogP contribution in [-0.4, -0.2) is 15.8 Å². The standard InChI is InChI=1S/C23H21N3O/c24-16-22-25-12-9-21(26-22)23(10-3-4-11-23)15-20(27)14-17-7-8-18-5-1-2-6-19(18)13-17/h1-2,5-9,12-13H,3-4,10-11,14-15H2. The first-order chi connectivity index (χ1) is 13.2. The van der Waals surface area contributed by atoms with Gasteiger partial charge in [-0.05, 0) is 35.2 Å². The first kappa shape index (κ1) is 17.4. The molecule has 3 aromatic rings. The van der Waals surface area contributed by atoms with Crippen LogP contribution in [0, 0.1) is 11.3 Å². The van der Waals surface area contributed by atoms with Crippen molar-refractivity contribution in [1.29, 1.82) is 5.26 Å². The zero-order valence-electron chi connectivity index (χ0n) is 15.2. The number of carbonyl (C=O) groups is 1. The maximum atomic E-state index is 12.9. The van der Waals surface area contributed by atoms with Crippen molar-refractivity contribution in [3.8, 4) is 6.07 Å². The molecule has 0 saturated heterocycles. The zero-order valence-corrected chi connectivity index (χ0v) is 15.2. The summed E-state index contributed by atoms with van der Waals surface area (Å²) >= 11 is 0. The minimum atomic E-state index is -0.248. The average Bonchev–Trinajstić information content (AvgIpc) is 3.17. The lowest BCUT2D eigenvalue weighted by atomic mass is 9.77. The molecule has 0 N–H and O–H groups in total. The molecule has 1 aliphatic rings. The van der Waals surface area contributed by atoms with Crippen LogP contribution >= 0.6 is 0 Å². The first-order valence-corrected chi connectivity index (χ1v) is 9.42. The lowest BCUT2D eigenvalue weighted by Crippen LogP contribution is -2.28. The first-order valence-electron chi connectivity index (χ1n) is 9.42. The Balaban J connectivity index is 1.56. The summed E-state index contributed by atoms with van der Waals surface area (Å²) in [5.41, 5.74) is 1.65. The molecule has 0 radical (unpaired) electrons. The van der Waals surface area contributed by atoms with Crippen molar-refractivity contribution in [1.82, 2.24) is 9.97 Å². The van der Waals surface area contributed by atoms with Crippen LogP contribution in [0.1, 0.15) is 49.2 Å². The van der Waals surface area contributed by atoms with Crippen LogP contribution in [0.5, 0.6) is 0 Å². The van der Waals surface area contributed by atoms with Crippen molar-refractivity contribution in [2.24, 2.45) is 0 Å². The van der Waals surface area contributed by atoms with Crippen LogP contribution in [0.25, 0.3) is 10.8 Å². The van der Waals surface area contributed by atoms with Crippen molar-refractivity contribution in [3.05, 3.63) is 71.8 Å². The number of fused-ring (bicyclic) bond motifs is 1. The number of hydrogen-bond donors (Lipinski definition) is 0. The fraction of sp³-hybridized carbons (Fsp3) is 0.304. The summed E-state index contributed by atoms with van der Waals surface area (Å²) in [7, 11) is 0. The molecule has 0 atom stereocenters.